The van der Waals surface area contributed by atoms with Crippen LogP contribution in [0.25, 0.3) is 10.9 Å². The molecule has 14 heavy (non-hydrogen) atoms. The van der Waals surface area contributed by atoms with Gasteiger partial charge in [0.1, 0.15) is 0 Å². The largest absolute Gasteiger partial charge is 0.396 e. The van der Waals surface area contributed by atoms with E-state index in [0.717, 1.165) is 16.5 Å². The molecule has 2 aromatic rings. The summed E-state index contributed by atoms with van der Waals surface area (Å²) >= 11 is 0. The second-order valence-corrected chi connectivity index (χ2v) is 3.41. The van der Waals surface area contributed by atoms with Gasteiger partial charge in [-0.15, -0.1) is 0 Å². The predicted molar refractivity (Wildman–Crippen MR) is 56.9 cm³/mol. The third kappa shape index (κ3) is 1.52. The highest BCUT2D eigenvalue weighted by atomic mass is 16.3. The van der Waals surface area contributed by atoms with E-state index in [2.05, 4.69) is 4.98 Å². The first-order valence-corrected chi connectivity index (χ1v) is 4.75. The number of nitrogens with two attached hydrogens (primary N) is 1. The molecule has 2 rings (SSSR count). The van der Waals surface area contributed by atoms with Crippen LogP contribution < -0.4 is 5.73 Å². The fourth-order valence-electron chi connectivity index (χ4n) is 1.70. The molecule has 0 radical (unpaired) electrons. The van der Waals surface area contributed by atoms with Crippen LogP contribution in [0, 0.1) is 0 Å². The highest BCUT2D eigenvalue weighted by Gasteiger charge is 2.10. The Morgan fingerprint density at radius 1 is 1.36 bits per heavy atom. The Bertz CT molecular complexity index is 422. The van der Waals surface area contributed by atoms with Crippen LogP contribution in [0.1, 0.15) is 18.0 Å². The van der Waals surface area contributed by atoms with Crippen LogP contribution in [-0.4, -0.2) is 16.7 Å². The van der Waals surface area contributed by atoms with E-state index in [1.165, 1.54) is 0 Å². The van der Waals surface area contributed by atoms with Crippen molar-refractivity contribution in [1.29, 1.82) is 0 Å². The van der Waals surface area contributed by atoms with Crippen molar-refractivity contribution in [2.75, 3.05) is 6.61 Å². The second kappa shape index (κ2) is 3.82. The van der Waals surface area contributed by atoms with E-state index in [9.17, 15) is 0 Å². The SMILES string of the molecule is N[C@H](CCO)c1c[nH]c2ccccc12. The molecule has 1 aromatic carbocycles. The summed E-state index contributed by atoms with van der Waals surface area (Å²) in [6.45, 7) is 0.126. The number of aliphatic hydroxyl groups excluding tert-OH is 1. The van der Waals surface area contributed by atoms with E-state index >= 15 is 0 Å². The van der Waals surface area contributed by atoms with E-state index in [0.29, 0.717) is 6.42 Å². The fraction of sp³-hybridized carbons (Fsp3) is 0.273. The average Bonchev–Trinajstić information content (AvgIpc) is 2.61. The molecule has 4 N–H and O–H groups in total. The van der Waals surface area contributed by atoms with Crippen LogP contribution in [0.5, 0.6) is 0 Å². The third-order valence-electron chi connectivity index (χ3n) is 2.46. The highest BCUT2D eigenvalue weighted by Crippen LogP contribution is 2.23. The first-order chi connectivity index (χ1) is 6.83. The lowest BCUT2D eigenvalue weighted by atomic mass is 10.0. The van der Waals surface area contributed by atoms with E-state index < -0.39 is 0 Å². The minimum absolute atomic E-state index is 0.0869. The van der Waals surface area contributed by atoms with Crippen LogP contribution in [-0.2, 0) is 0 Å². The molecular weight excluding hydrogens is 176 g/mol. The summed E-state index contributed by atoms with van der Waals surface area (Å²) in [5, 5.41) is 9.96. The van der Waals surface area contributed by atoms with E-state index in [1.54, 1.807) is 0 Å². The number of hydrogen-bond acceptors (Lipinski definition) is 2. The molecular formula is C11H14N2O. The number of H-pyrrole nitrogens is 1. The number of fused-ring (bicyclic) bond motifs is 1. The van der Waals surface area contributed by atoms with Crippen molar-refractivity contribution in [2.24, 2.45) is 5.73 Å². The molecule has 74 valence electrons. The Kier molecular flexibility index (Phi) is 2.52. The Morgan fingerprint density at radius 2 is 2.14 bits per heavy atom. The van der Waals surface area contributed by atoms with Crippen LogP contribution in [0.2, 0.25) is 0 Å². The molecule has 0 bridgehead atoms. The lowest BCUT2D eigenvalue weighted by molar-refractivity contribution is 0.277. The summed E-state index contributed by atoms with van der Waals surface area (Å²) in [6, 6.07) is 7.95. The number of rotatable bonds is 3. The zero-order chi connectivity index (χ0) is 9.97. The maximum Gasteiger partial charge on any atom is 0.0457 e. The van der Waals surface area contributed by atoms with Gasteiger partial charge in [-0.05, 0) is 18.1 Å². The predicted octanol–water partition coefficient (Wildman–Crippen LogP) is 1.55. The average molecular weight is 190 g/mol. The van der Waals surface area contributed by atoms with Crippen molar-refractivity contribution in [3.63, 3.8) is 0 Å². The van der Waals surface area contributed by atoms with Gasteiger partial charge in [-0.3, -0.25) is 0 Å². The first kappa shape index (κ1) is 9.24. The molecule has 0 unspecified atom stereocenters. The molecule has 3 heteroatoms. The summed E-state index contributed by atoms with van der Waals surface area (Å²) in [5.41, 5.74) is 8.11. The highest BCUT2D eigenvalue weighted by molar-refractivity contribution is 5.83. The molecule has 0 aliphatic carbocycles. The standard InChI is InChI=1S/C11H14N2O/c12-10(5-6-14)9-7-13-11-4-2-1-3-8(9)11/h1-4,7,10,13-14H,5-6,12H2/t10-/m1/s1. The van der Waals surface area contributed by atoms with Crippen molar-refractivity contribution < 1.29 is 5.11 Å². The third-order valence-corrected chi connectivity index (χ3v) is 2.46. The zero-order valence-electron chi connectivity index (χ0n) is 7.90. The summed E-state index contributed by atoms with van der Waals surface area (Å²) < 4.78 is 0. The molecule has 0 saturated heterocycles. The number of nitrogens with one attached hydrogen (secondary N) is 1. The van der Waals surface area contributed by atoms with Crippen molar-refractivity contribution in [1.82, 2.24) is 4.98 Å². The Morgan fingerprint density at radius 3 is 2.93 bits per heavy atom. The Labute approximate surface area is 82.6 Å². The van der Waals surface area contributed by atoms with Crippen molar-refractivity contribution >= 4 is 10.9 Å². The number of aromatic amines is 1. The minimum atomic E-state index is -0.0869. The normalized spacial score (nSPS) is 13.3. The van der Waals surface area contributed by atoms with Crippen LogP contribution in [0.4, 0.5) is 0 Å². The fourth-order valence-corrected chi connectivity index (χ4v) is 1.70. The Balaban J connectivity index is 2.42. The zero-order valence-corrected chi connectivity index (χ0v) is 7.90. The van der Waals surface area contributed by atoms with E-state index in [4.69, 9.17) is 10.8 Å². The lowest BCUT2D eigenvalue weighted by Gasteiger charge is -2.07. The summed E-state index contributed by atoms with van der Waals surface area (Å²) in [7, 11) is 0. The molecule has 0 spiro atoms. The summed E-state index contributed by atoms with van der Waals surface area (Å²) in [6.07, 6.45) is 2.52. The number of para-hydroxylation sites is 1. The van der Waals surface area contributed by atoms with Gasteiger partial charge in [-0.25, -0.2) is 0 Å². The smallest absolute Gasteiger partial charge is 0.0457 e. The number of aromatic nitrogens is 1. The Hall–Kier alpha value is -1.32. The topological polar surface area (TPSA) is 62.0 Å². The molecule has 1 atom stereocenters. The van der Waals surface area contributed by atoms with E-state index in [-0.39, 0.29) is 12.6 Å². The van der Waals surface area contributed by atoms with Gasteiger partial charge < -0.3 is 15.8 Å². The van der Waals surface area contributed by atoms with Crippen LogP contribution >= 0.6 is 0 Å². The maximum absolute atomic E-state index is 8.82. The molecule has 0 amide bonds. The summed E-state index contributed by atoms with van der Waals surface area (Å²) in [4.78, 5) is 3.17. The van der Waals surface area contributed by atoms with Crippen molar-refractivity contribution in [3.8, 4) is 0 Å². The van der Waals surface area contributed by atoms with Crippen LogP contribution in [0.15, 0.2) is 30.5 Å². The van der Waals surface area contributed by atoms with Gasteiger partial charge >= 0.3 is 0 Å². The quantitative estimate of drug-likeness (QED) is 0.687. The second-order valence-electron chi connectivity index (χ2n) is 3.41. The maximum atomic E-state index is 8.82. The van der Waals surface area contributed by atoms with Gasteiger partial charge in [0, 0.05) is 29.7 Å². The van der Waals surface area contributed by atoms with Crippen molar-refractivity contribution in [2.45, 2.75) is 12.5 Å². The molecule has 3 nitrogen and oxygen atoms in total. The number of hydrogen-bond donors (Lipinski definition) is 3. The molecule has 1 aromatic heterocycles. The monoisotopic (exact) mass is 190 g/mol. The molecule has 0 aliphatic rings. The van der Waals surface area contributed by atoms with Gasteiger partial charge in [0.05, 0.1) is 0 Å². The molecule has 0 aliphatic heterocycles. The van der Waals surface area contributed by atoms with Gasteiger partial charge in [-0.2, -0.15) is 0 Å². The van der Waals surface area contributed by atoms with Gasteiger partial charge in [0.15, 0.2) is 0 Å². The van der Waals surface area contributed by atoms with Gasteiger partial charge in [0.2, 0.25) is 0 Å². The van der Waals surface area contributed by atoms with Gasteiger partial charge in [-0.1, -0.05) is 18.2 Å². The number of benzene rings is 1. The van der Waals surface area contributed by atoms with Gasteiger partial charge in [0.25, 0.3) is 0 Å². The first-order valence-electron chi connectivity index (χ1n) is 4.75. The van der Waals surface area contributed by atoms with Crippen LogP contribution in [0.3, 0.4) is 0 Å². The summed E-state index contributed by atoms with van der Waals surface area (Å²) in [5.74, 6) is 0. The molecule has 0 saturated carbocycles. The van der Waals surface area contributed by atoms with Crippen molar-refractivity contribution in [3.05, 3.63) is 36.0 Å². The minimum Gasteiger partial charge on any atom is -0.396 e. The lowest BCUT2D eigenvalue weighted by Crippen LogP contribution is -2.11. The van der Waals surface area contributed by atoms with E-state index in [1.807, 2.05) is 30.5 Å². The molecule has 0 fully saturated rings. The molecule has 1 heterocycles. The number of aliphatic hydroxyl groups is 1.